The van der Waals surface area contributed by atoms with Gasteiger partial charge < -0.3 is 13.6 Å². The van der Waals surface area contributed by atoms with Gasteiger partial charge in [-0.2, -0.15) is 0 Å². The Hall–Kier alpha value is -2.97. The lowest BCUT2D eigenvalue weighted by Gasteiger charge is -2.08. The number of thioether (sulfide) groups is 1. The molecule has 0 aliphatic heterocycles. The fraction of sp³-hybridized carbons (Fsp3) is 0.190. The van der Waals surface area contributed by atoms with Crippen LogP contribution in [0.5, 0.6) is 0 Å². The molecule has 0 bridgehead atoms. The summed E-state index contributed by atoms with van der Waals surface area (Å²) >= 11 is 7.48. The minimum Gasteiger partial charge on any atom is -0.467 e. The van der Waals surface area contributed by atoms with Crippen molar-refractivity contribution < 1.29 is 18.4 Å². The van der Waals surface area contributed by atoms with E-state index < -0.39 is 5.97 Å². The maximum atomic E-state index is 11.8. The molecule has 1 aromatic carbocycles. The molecule has 0 N–H and O–H groups in total. The number of esters is 1. The Morgan fingerprint density at radius 3 is 2.70 bits per heavy atom. The third-order valence-corrected chi connectivity index (χ3v) is 5.67. The number of benzene rings is 1. The molecule has 0 aliphatic rings. The largest absolute Gasteiger partial charge is 0.467 e. The number of hydrogen-bond acceptors (Lipinski definition) is 7. The van der Waals surface area contributed by atoms with Gasteiger partial charge in [0.05, 0.1) is 25.7 Å². The average molecular weight is 444 g/mol. The molecule has 0 saturated heterocycles. The number of methoxy groups -OCH3 is 1. The number of carbonyl (C=O) groups is 1. The normalized spacial score (nSPS) is 11.0. The molecular weight excluding hydrogens is 426 g/mol. The first kappa shape index (κ1) is 20.3. The van der Waals surface area contributed by atoms with Crippen molar-refractivity contribution in [2.45, 2.75) is 24.4 Å². The molecule has 0 aliphatic carbocycles. The number of hydrogen-bond donors (Lipinski definition) is 0. The van der Waals surface area contributed by atoms with Gasteiger partial charge >= 0.3 is 5.97 Å². The third-order valence-electron chi connectivity index (χ3n) is 4.43. The van der Waals surface area contributed by atoms with E-state index in [-0.39, 0.29) is 0 Å². The highest BCUT2D eigenvalue weighted by Crippen LogP contribution is 2.29. The van der Waals surface area contributed by atoms with Crippen LogP contribution in [0.15, 0.2) is 62.7 Å². The number of aryl methyl sites for hydroxylation is 1. The topological polar surface area (TPSA) is 83.3 Å². The van der Waals surface area contributed by atoms with Gasteiger partial charge in [0.1, 0.15) is 22.8 Å². The van der Waals surface area contributed by atoms with Gasteiger partial charge in [-0.15, -0.1) is 10.2 Å². The molecule has 3 aromatic heterocycles. The zero-order valence-electron chi connectivity index (χ0n) is 16.3. The van der Waals surface area contributed by atoms with Gasteiger partial charge in [0.25, 0.3) is 0 Å². The van der Waals surface area contributed by atoms with E-state index >= 15 is 0 Å². The van der Waals surface area contributed by atoms with Crippen molar-refractivity contribution >= 4 is 29.3 Å². The lowest BCUT2D eigenvalue weighted by atomic mass is 10.2. The summed E-state index contributed by atoms with van der Waals surface area (Å²) in [5.74, 6) is 2.73. The molecule has 154 valence electrons. The predicted octanol–water partition coefficient (Wildman–Crippen LogP) is 5.22. The Morgan fingerprint density at radius 2 is 2.00 bits per heavy atom. The van der Waals surface area contributed by atoms with E-state index in [1.165, 1.54) is 18.9 Å². The number of halogens is 1. The first-order chi connectivity index (χ1) is 14.5. The summed E-state index contributed by atoms with van der Waals surface area (Å²) in [5.41, 5.74) is 1.32. The van der Waals surface area contributed by atoms with Crippen LogP contribution in [0, 0.1) is 6.92 Å². The van der Waals surface area contributed by atoms with Crippen molar-refractivity contribution in [3.05, 3.63) is 76.6 Å². The van der Waals surface area contributed by atoms with Gasteiger partial charge in [-0.3, -0.25) is 4.57 Å². The van der Waals surface area contributed by atoms with Gasteiger partial charge in [-0.25, -0.2) is 4.79 Å². The number of carbonyl (C=O) groups excluding carboxylic acids is 1. The molecular formula is C21H18ClN3O4S. The SMILES string of the molecule is COC(=O)c1cc(CSc2nnc(-c3ccc(Cl)cc3)n2Cc2ccco2)oc1C. The van der Waals surface area contributed by atoms with Crippen LogP contribution in [0.4, 0.5) is 0 Å². The van der Waals surface area contributed by atoms with Crippen LogP contribution in [0.25, 0.3) is 11.4 Å². The Morgan fingerprint density at radius 1 is 1.20 bits per heavy atom. The standard InChI is InChI=1S/C21H18ClN3O4S/c1-13-18(20(26)27-2)10-17(29-13)12-30-21-24-23-19(14-5-7-15(22)8-6-14)25(21)11-16-4-3-9-28-16/h3-10H,11-12H2,1-2H3. The second-order valence-corrected chi connectivity index (χ2v) is 7.82. The lowest BCUT2D eigenvalue weighted by molar-refractivity contribution is 0.0599. The van der Waals surface area contributed by atoms with E-state index in [1.54, 1.807) is 19.3 Å². The maximum absolute atomic E-state index is 11.8. The molecule has 7 nitrogen and oxygen atoms in total. The van der Waals surface area contributed by atoms with E-state index in [1.807, 2.05) is 41.0 Å². The molecule has 0 spiro atoms. The fourth-order valence-corrected chi connectivity index (χ4v) is 3.92. The van der Waals surface area contributed by atoms with Gasteiger partial charge in [-0.1, -0.05) is 23.4 Å². The van der Waals surface area contributed by atoms with Crippen molar-refractivity contribution in [1.29, 1.82) is 0 Å². The minimum absolute atomic E-state index is 0.418. The summed E-state index contributed by atoms with van der Waals surface area (Å²) in [5, 5.41) is 10.1. The van der Waals surface area contributed by atoms with Crippen LogP contribution in [-0.4, -0.2) is 27.8 Å². The summed E-state index contributed by atoms with van der Waals surface area (Å²) in [6, 6.07) is 12.9. The molecule has 9 heteroatoms. The molecule has 0 amide bonds. The highest BCUT2D eigenvalue weighted by Gasteiger charge is 2.19. The van der Waals surface area contributed by atoms with Crippen LogP contribution < -0.4 is 0 Å². The molecule has 0 atom stereocenters. The molecule has 4 aromatic rings. The lowest BCUT2D eigenvalue weighted by Crippen LogP contribution is -2.03. The van der Waals surface area contributed by atoms with E-state index in [4.69, 9.17) is 25.2 Å². The molecule has 0 fully saturated rings. The van der Waals surface area contributed by atoms with E-state index in [0.29, 0.717) is 45.4 Å². The van der Waals surface area contributed by atoms with E-state index in [0.717, 1.165) is 11.3 Å². The van der Waals surface area contributed by atoms with Crippen LogP contribution in [0.2, 0.25) is 5.02 Å². The quantitative estimate of drug-likeness (QED) is 0.286. The minimum atomic E-state index is -0.418. The summed E-state index contributed by atoms with van der Waals surface area (Å²) in [6.45, 7) is 2.21. The third kappa shape index (κ3) is 4.29. The van der Waals surface area contributed by atoms with Crippen molar-refractivity contribution in [2.75, 3.05) is 7.11 Å². The highest BCUT2D eigenvalue weighted by atomic mass is 35.5. The number of ether oxygens (including phenoxy) is 1. The van der Waals surface area contributed by atoms with Crippen molar-refractivity contribution in [2.24, 2.45) is 0 Å². The van der Waals surface area contributed by atoms with Crippen LogP contribution >= 0.6 is 23.4 Å². The molecule has 0 unspecified atom stereocenters. The zero-order chi connectivity index (χ0) is 21.1. The Bertz CT molecular complexity index is 1150. The number of aromatic nitrogens is 3. The van der Waals surface area contributed by atoms with Crippen LogP contribution in [-0.2, 0) is 17.0 Å². The Kier molecular flexibility index (Phi) is 5.96. The van der Waals surface area contributed by atoms with E-state index in [9.17, 15) is 4.79 Å². The zero-order valence-corrected chi connectivity index (χ0v) is 17.9. The molecule has 0 radical (unpaired) electrons. The Balaban J connectivity index is 1.61. The predicted molar refractivity (Wildman–Crippen MR) is 113 cm³/mol. The number of furan rings is 2. The van der Waals surface area contributed by atoms with Gasteiger partial charge in [0, 0.05) is 10.6 Å². The fourth-order valence-electron chi connectivity index (χ4n) is 2.97. The Labute approximate surface area is 182 Å². The first-order valence-electron chi connectivity index (χ1n) is 9.07. The van der Waals surface area contributed by atoms with Crippen LogP contribution in [0.1, 0.15) is 27.6 Å². The van der Waals surface area contributed by atoms with Crippen LogP contribution in [0.3, 0.4) is 0 Å². The molecule has 30 heavy (non-hydrogen) atoms. The average Bonchev–Trinajstić information content (AvgIpc) is 3.48. The second kappa shape index (κ2) is 8.81. The van der Waals surface area contributed by atoms with Crippen molar-refractivity contribution in [1.82, 2.24) is 14.8 Å². The van der Waals surface area contributed by atoms with Gasteiger partial charge in [0.15, 0.2) is 11.0 Å². The molecule has 3 heterocycles. The first-order valence-corrected chi connectivity index (χ1v) is 10.4. The van der Waals surface area contributed by atoms with Crippen molar-refractivity contribution in [3.8, 4) is 11.4 Å². The smallest absolute Gasteiger partial charge is 0.341 e. The van der Waals surface area contributed by atoms with E-state index in [2.05, 4.69) is 10.2 Å². The van der Waals surface area contributed by atoms with Gasteiger partial charge in [0.2, 0.25) is 0 Å². The highest BCUT2D eigenvalue weighted by molar-refractivity contribution is 7.98. The maximum Gasteiger partial charge on any atom is 0.341 e. The van der Waals surface area contributed by atoms with Crippen molar-refractivity contribution in [3.63, 3.8) is 0 Å². The van der Waals surface area contributed by atoms with Gasteiger partial charge in [-0.05, 0) is 49.4 Å². The number of nitrogens with zero attached hydrogens (tertiary/aromatic N) is 3. The summed E-state index contributed by atoms with van der Waals surface area (Å²) < 4.78 is 18.0. The monoisotopic (exact) mass is 443 g/mol. The second-order valence-electron chi connectivity index (χ2n) is 6.44. The summed E-state index contributed by atoms with van der Waals surface area (Å²) in [4.78, 5) is 11.8. The summed E-state index contributed by atoms with van der Waals surface area (Å²) in [6.07, 6.45) is 1.63. The summed E-state index contributed by atoms with van der Waals surface area (Å²) in [7, 11) is 1.35. The molecule has 0 saturated carbocycles. The molecule has 4 rings (SSSR count). The number of rotatable bonds is 7.